The van der Waals surface area contributed by atoms with Crippen LogP contribution in [-0.2, 0) is 0 Å². The Balaban J connectivity index is 2.20. The Morgan fingerprint density at radius 1 is 1.53 bits per heavy atom. The zero-order valence-corrected chi connectivity index (χ0v) is 10.3. The highest BCUT2D eigenvalue weighted by Gasteiger charge is 2.29. The molecular formula is C12H15N3OS. The number of piperidine rings is 1. The van der Waals surface area contributed by atoms with Gasteiger partial charge in [0.1, 0.15) is 0 Å². The van der Waals surface area contributed by atoms with Crippen molar-refractivity contribution in [2.45, 2.75) is 25.3 Å². The number of amides is 1. The summed E-state index contributed by atoms with van der Waals surface area (Å²) in [5.74, 6) is -0.0319. The fourth-order valence-corrected chi connectivity index (χ4v) is 2.37. The van der Waals surface area contributed by atoms with Crippen molar-refractivity contribution >= 4 is 23.1 Å². The van der Waals surface area contributed by atoms with E-state index in [4.69, 9.17) is 18.0 Å². The lowest BCUT2D eigenvalue weighted by Gasteiger charge is -2.35. The van der Waals surface area contributed by atoms with E-state index in [0.717, 1.165) is 25.8 Å². The molecule has 0 aliphatic carbocycles. The minimum absolute atomic E-state index is 0.0319. The maximum Gasteiger partial charge on any atom is 0.256 e. The Kier molecular flexibility index (Phi) is 3.68. The maximum absolute atomic E-state index is 12.3. The van der Waals surface area contributed by atoms with Crippen molar-refractivity contribution in [3.05, 3.63) is 30.1 Å². The van der Waals surface area contributed by atoms with Crippen LogP contribution in [0.5, 0.6) is 0 Å². The molecule has 2 heterocycles. The third-order valence-electron chi connectivity index (χ3n) is 3.00. The summed E-state index contributed by atoms with van der Waals surface area (Å²) in [6, 6.07) is 3.42. The average molecular weight is 249 g/mol. The van der Waals surface area contributed by atoms with Gasteiger partial charge >= 0.3 is 0 Å². The van der Waals surface area contributed by atoms with E-state index in [9.17, 15) is 4.79 Å². The summed E-state index contributed by atoms with van der Waals surface area (Å²) in [4.78, 5) is 18.4. The number of nitrogens with zero attached hydrogens (tertiary/aromatic N) is 2. The number of carbonyl (C=O) groups is 1. The van der Waals surface area contributed by atoms with Gasteiger partial charge in [0.2, 0.25) is 0 Å². The van der Waals surface area contributed by atoms with Gasteiger partial charge in [0.25, 0.3) is 5.91 Å². The maximum atomic E-state index is 12.3. The molecule has 0 radical (unpaired) electrons. The summed E-state index contributed by atoms with van der Waals surface area (Å²) in [5.41, 5.74) is 6.29. The Hall–Kier alpha value is -1.49. The molecule has 1 aliphatic rings. The second-order valence-corrected chi connectivity index (χ2v) is 4.63. The molecule has 0 aromatic carbocycles. The summed E-state index contributed by atoms with van der Waals surface area (Å²) in [5, 5.41) is 0. The lowest BCUT2D eigenvalue weighted by atomic mass is 10.0. The van der Waals surface area contributed by atoms with Gasteiger partial charge in [-0.15, -0.1) is 0 Å². The fourth-order valence-electron chi connectivity index (χ4n) is 2.13. The number of nitrogens with two attached hydrogens (primary N) is 1. The molecule has 1 atom stereocenters. The first kappa shape index (κ1) is 12.0. The van der Waals surface area contributed by atoms with Crippen LogP contribution in [0.4, 0.5) is 0 Å². The van der Waals surface area contributed by atoms with E-state index in [1.807, 2.05) is 0 Å². The van der Waals surface area contributed by atoms with E-state index < -0.39 is 0 Å². The molecule has 4 nitrogen and oxygen atoms in total. The molecule has 1 amide bonds. The third-order valence-corrected chi connectivity index (χ3v) is 3.27. The molecular weight excluding hydrogens is 234 g/mol. The number of hydrogen-bond acceptors (Lipinski definition) is 3. The number of likely N-dealkylation sites (tertiary alicyclic amines) is 1. The van der Waals surface area contributed by atoms with Gasteiger partial charge in [0, 0.05) is 18.9 Å². The standard InChI is InChI=1S/C12H15N3OS/c13-11(17)10-5-1-2-7-15(10)12(16)9-4-3-6-14-8-9/h3-4,6,8,10H,1-2,5,7H2,(H2,13,17). The summed E-state index contributed by atoms with van der Waals surface area (Å²) in [6.45, 7) is 0.718. The molecule has 1 unspecified atom stereocenters. The summed E-state index contributed by atoms with van der Waals surface area (Å²) in [7, 11) is 0. The van der Waals surface area contributed by atoms with Crippen LogP contribution in [0.25, 0.3) is 0 Å². The largest absolute Gasteiger partial charge is 0.392 e. The summed E-state index contributed by atoms with van der Waals surface area (Å²) < 4.78 is 0. The van der Waals surface area contributed by atoms with Crippen molar-refractivity contribution in [2.75, 3.05) is 6.54 Å². The molecule has 0 bridgehead atoms. The molecule has 5 heteroatoms. The normalized spacial score (nSPS) is 20.0. The number of rotatable bonds is 2. The van der Waals surface area contributed by atoms with Crippen LogP contribution < -0.4 is 5.73 Å². The quantitative estimate of drug-likeness (QED) is 0.804. The Labute approximate surface area is 106 Å². The van der Waals surface area contributed by atoms with Gasteiger partial charge in [-0.05, 0) is 31.4 Å². The van der Waals surface area contributed by atoms with Crippen LogP contribution in [0.2, 0.25) is 0 Å². The van der Waals surface area contributed by atoms with Crippen LogP contribution in [-0.4, -0.2) is 33.4 Å². The van der Waals surface area contributed by atoms with Crippen LogP contribution in [0, 0.1) is 0 Å². The molecule has 1 aromatic heterocycles. The first-order valence-electron chi connectivity index (χ1n) is 5.70. The number of aromatic nitrogens is 1. The van der Waals surface area contributed by atoms with Gasteiger partial charge in [0.15, 0.2) is 0 Å². The first-order chi connectivity index (χ1) is 8.20. The summed E-state index contributed by atoms with van der Waals surface area (Å²) >= 11 is 5.03. The minimum Gasteiger partial charge on any atom is -0.392 e. The zero-order chi connectivity index (χ0) is 12.3. The smallest absolute Gasteiger partial charge is 0.256 e. The van der Waals surface area contributed by atoms with Crippen molar-refractivity contribution in [3.63, 3.8) is 0 Å². The highest BCUT2D eigenvalue weighted by molar-refractivity contribution is 7.80. The zero-order valence-electron chi connectivity index (χ0n) is 9.50. The Morgan fingerprint density at radius 2 is 2.35 bits per heavy atom. The van der Waals surface area contributed by atoms with E-state index in [0.29, 0.717) is 10.6 Å². The van der Waals surface area contributed by atoms with E-state index in [1.165, 1.54) is 0 Å². The summed E-state index contributed by atoms with van der Waals surface area (Å²) in [6.07, 6.45) is 6.16. The topological polar surface area (TPSA) is 59.2 Å². The van der Waals surface area contributed by atoms with E-state index in [2.05, 4.69) is 4.98 Å². The molecule has 17 heavy (non-hydrogen) atoms. The molecule has 1 aliphatic heterocycles. The van der Waals surface area contributed by atoms with Crippen LogP contribution in [0.15, 0.2) is 24.5 Å². The Bertz CT molecular complexity index is 421. The monoisotopic (exact) mass is 249 g/mol. The van der Waals surface area contributed by atoms with Crippen molar-refractivity contribution in [2.24, 2.45) is 5.73 Å². The van der Waals surface area contributed by atoms with Crippen LogP contribution in [0.1, 0.15) is 29.6 Å². The van der Waals surface area contributed by atoms with E-state index >= 15 is 0 Å². The average Bonchev–Trinajstić information content (AvgIpc) is 2.39. The number of thiocarbonyl (C=S) groups is 1. The molecule has 2 N–H and O–H groups in total. The second-order valence-electron chi connectivity index (χ2n) is 4.15. The molecule has 2 rings (SSSR count). The van der Waals surface area contributed by atoms with Crippen LogP contribution >= 0.6 is 12.2 Å². The molecule has 90 valence electrons. The molecule has 0 spiro atoms. The Morgan fingerprint density at radius 3 is 3.00 bits per heavy atom. The fraction of sp³-hybridized carbons (Fsp3) is 0.417. The van der Waals surface area contributed by atoms with E-state index in [-0.39, 0.29) is 11.9 Å². The number of pyridine rings is 1. The van der Waals surface area contributed by atoms with Gasteiger partial charge in [-0.3, -0.25) is 9.78 Å². The van der Waals surface area contributed by atoms with Gasteiger partial charge in [-0.25, -0.2) is 0 Å². The highest BCUT2D eigenvalue weighted by Crippen LogP contribution is 2.19. The van der Waals surface area contributed by atoms with Crippen molar-refractivity contribution in [1.82, 2.24) is 9.88 Å². The van der Waals surface area contributed by atoms with Crippen molar-refractivity contribution < 1.29 is 4.79 Å². The number of carbonyl (C=O) groups excluding carboxylic acids is 1. The third kappa shape index (κ3) is 2.61. The van der Waals surface area contributed by atoms with Crippen LogP contribution in [0.3, 0.4) is 0 Å². The predicted molar refractivity (Wildman–Crippen MR) is 69.7 cm³/mol. The van der Waals surface area contributed by atoms with Gasteiger partial charge in [0.05, 0.1) is 16.6 Å². The first-order valence-corrected chi connectivity index (χ1v) is 6.11. The van der Waals surface area contributed by atoms with Crippen molar-refractivity contribution in [1.29, 1.82) is 0 Å². The molecule has 1 fully saturated rings. The highest BCUT2D eigenvalue weighted by atomic mass is 32.1. The molecule has 0 saturated carbocycles. The van der Waals surface area contributed by atoms with Gasteiger partial charge in [-0.2, -0.15) is 0 Å². The predicted octanol–water partition coefficient (Wildman–Crippen LogP) is 1.36. The number of hydrogen-bond donors (Lipinski definition) is 1. The second kappa shape index (κ2) is 5.23. The lowest BCUT2D eigenvalue weighted by molar-refractivity contribution is 0.0681. The van der Waals surface area contributed by atoms with Gasteiger partial charge in [-0.1, -0.05) is 12.2 Å². The molecule has 1 saturated heterocycles. The van der Waals surface area contributed by atoms with Gasteiger partial charge < -0.3 is 10.6 Å². The lowest BCUT2D eigenvalue weighted by Crippen LogP contribution is -2.49. The molecule has 1 aromatic rings. The minimum atomic E-state index is -0.105. The van der Waals surface area contributed by atoms with E-state index in [1.54, 1.807) is 29.4 Å². The van der Waals surface area contributed by atoms with Crippen molar-refractivity contribution in [3.8, 4) is 0 Å². The SMILES string of the molecule is NC(=S)C1CCCCN1C(=O)c1cccnc1.